The lowest BCUT2D eigenvalue weighted by atomic mass is 10.1. The summed E-state index contributed by atoms with van der Waals surface area (Å²) >= 11 is 0. The van der Waals surface area contributed by atoms with E-state index < -0.39 is 0 Å². The molecule has 1 aliphatic rings. The SMILES string of the molecule is Cc1ccccc1CN1CCN(C(=O)c2cc(-c3ccco3)nc3c2cnn3C(C)C)CC1. The highest BCUT2D eigenvalue weighted by molar-refractivity contribution is 6.06. The number of carbonyl (C=O) groups is 1. The third-order valence-electron chi connectivity index (χ3n) is 6.37. The fraction of sp³-hybridized carbons (Fsp3) is 0.346. The van der Waals surface area contributed by atoms with Crippen LogP contribution in [0.1, 0.15) is 41.4 Å². The molecule has 0 unspecified atom stereocenters. The van der Waals surface area contributed by atoms with Crippen molar-refractivity contribution in [2.24, 2.45) is 0 Å². The molecule has 0 bridgehead atoms. The molecule has 7 heteroatoms. The predicted octanol–water partition coefficient (Wildman–Crippen LogP) is 4.54. The summed E-state index contributed by atoms with van der Waals surface area (Å²) in [6.07, 6.45) is 3.38. The van der Waals surface area contributed by atoms with E-state index in [4.69, 9.17) is 9.40 Å². The third-order valence-corrected chi connectivity index (χ3v) is 6.37. The molecule has 1 fully saturated rings. The van der Waals surface area contributed by atoms with Gasteiger partial charge in [-0.3, -0.25) is 9.69 Å². The molecule has 4 heterocycles. The molecule has 5 rings (SSSR count). The van der Waals surface area contributed by atoms with Crippen molar-refractivity contribution in [1.82, 2.24) is 24.6 Å². The van der Waals surface area contributed by atoms with Gasteiger partial charge in [0.2, 0.25) is 0 Å². The Kier molecular flexibility index (Phi) is 5.72. The Morgan fingerprint density at radius 1 is 1.09 bits per heavy atom. The smallest absolute Gasteiger partial charge is 0.254 e. The zero-order valence-electron chi connectivity index (χ0n) is 19.4. The highest BCUT2D eigenvalue weighted by Crippen LogP contribution is 2.28. The zero-order chi connectivity index (χ0) is 22.9. The number of furan rings is 1. The molecule has 0 radical (unpaired) electrons. The van der Waals surface area contributed by atoms with Crippen molar-refractivity contribution in [2.45, 2.75) is 33.4 Å². The second-order valence-electron chi connectivity index (χ2n) is 8.95. The summed E-state index contributed by atoms with van der Waals surface area (Å²) in [6, 6.07) is 14.2. The van der Waals surface area contributed by atoms with E-state index in [2.05, 4.69) is 55.0 Å². The van der Waals surface area contributed by atoms with E-state index in [0.717, 1.165) is 25.0 Å². The largest absolute Gasteiger partial charge is 0.463 e. The number of benzene rings is 1. The lowest BCUT2D eigenvalue weighted by Crippen LogP contribution is -2.48. The van der Waals surface area contributed by atoms with Crippen LogP contribution in [0.5, 0.6) is 0 Å². The molecule has 7 nitrogen and oxygen atoms in total. The maximum Gasteiger partial charge on any atom is 0.254 e. The van der Waals surface area contributed by atoms with Gasteiger partial charge in [-0.15, -0.1) is 0 Å². The van der Waals surface area contributed by atoms with E-state index in [1.807, 2.05) is 27.8 Å². The minimum absolute atomic E-state index is 0.0223. The van der Waals surface area contributed by atoms with Crippen LogP contribution >= 0.6 is 0 Å². The summed E-state index contributed by atoms with van der Waals surface area (Å²) < 4.78 is 7.44. The summed E-state index contributed by atoms with van der Waals surface area (Å²) in [4.78, 5) is 22.8. The first-order chi connectivity index (χ1) is 16.0. The van der Waals surface area contributed by atoms with Crippen molar-refractivity contribution in [2.75, 3.05) is 26.2 Å². The molecule has 0 aliphatic carbocycles. The van der Waals surface area contributed by atoms with Crippen LogP contribution < -0.4 is 0 Å². The van der Waals surface area contributed by atoms with Crippen molar-refractivity contribution in [1.29, 1.82) is 0 Å². The molecule has 0 N–H and O–H groups in total. The third kappa shape index (κ3) is 4.16. The van der Waals surface area contributed by atoms with Crippen LogP contribution in [-0.4, -0.2) is 56.7 Å². The number of rotatable bonds is 5. The monoisotopic (exact) mass is 443 g/mol. The van der Waals surface area contributed by atoms with Gasteiger partial charge in [-0.25, -0.2) is 9.67 Å². The number of carbonyl (C=O) groups excluding carboxylic acids is 1. The van der Waals surface area contributed by atoms with Crippen LogP contribution in [0.25, 0.3) is 22.5 Å². The number of fused-ring (bicyclic) bond motifs is 1. The molecule has 1 saturated heterocycles. The molecule has 170 valence electrons. The molecular weight excluding hydrogens is 414 g/mol. The van der Waals surface area contributed by atoms with Gasteiger partial charge in [-0.2, -0.15) is 5.10 Å². The van der Waals surface area contributed by atoms with Crippen LogP contribution in [0.4, 0.5) is 0 Å². The Hall–Kier alpha value is -3.45. The lowest BCUT2D eigenvalue weighted by molar-refractivity contribution is 0.0630. The first-order valence-corrected chi connectivity index (χ1v) is 11.5. The standard InChI is InChI=1S/C26H29N5O2/c1-18(2)31-25-22(16-27-31)21(15-23(28-25)24-9-6-14-33-24)26(32)30-12-10-29(11-13-30)17-20-8-5-4-7-19(20)3/h4-9,14-16,18H,10-13,17H2,1-3H3. The number of amides is 1. The van der Waals surface area contributed by atoms with Gasteiger partial charge >= 0.3 is 0 Å². The molecule has 0 saturated carbocycles. The van der Waals surface area contributed by atoms with Gasteiger partial charge in [0.15, 0.2) is 11.4 Å². The van der Waals surface area contributed by atoms with E-state index in [-0.39, 0.29) is 11.9 Å². The van der Waals surface area contributed by atoms with Gasteiger partial charge in [0, 0.05) is 38.8 Å². The lowest BCUT2D eigenvalue weighted by Gasteiger charge is -2.35. The minimum atomic E-state index is 0.0223. The molecule has 4 aromatic rings. The molecule has 0 spiro atoms. The average Bonchev–Trinajstić information content (AvgIpc) is 3.50. The normalized spacial score (nSPS) is 15.0. The first-order valence-electron chi connectivity index (χ1n) is 11.5. The first kappa shape index (κ1) is 21.4. The Morgan fingerprint density at radius 3 is 2.58 bits per heavy atom. The number of pyridine rings is 1. The number of nitrogens with zero attached hydrogens (tertiary/aromatic N) is 5. The van der Waals surface area contributed by atoms with E-state index >= 15 is 0 Å². The Balaban J connectivity index is 1.40. The maximum atomic E-state index is 13.6. The van der Waals surface area contributed by atoms with Crippen molar-refractivity contribution in [3.63, 3.8) is 0 Å². The maximum absolute atomic E-state index is 13.6. The van der Waals surface area contributed by atoms with Crippen molar-refractivity contribution in [3.8, 4) is 11.5 Å². The van der Waals surface area contributed by atoms with Crippen LogP contribution in [-0.2, 0) is 6.54 Å². The summed E-state index contributed by atoms with van der Waals surface area (Å²) in [5.41, 5.74) is 4.64. The predicted molar refractivity (Wildman–Crippen MR) is 128 cm³/mol. The molecule has 1 amide bonds. The Morgan fingerprint density at radius 2 is 1.88 bits per heavy atom. The van der Waals surface area contributed by atoms with Crippen molar-refractivity contribution in [3.05, 3.63) is 71.6 Å². The average molecular weight is 444 g/mol. The summed E-state index contributed by atoms with van der Waals surface area (Å²) in [7, 11) is 0. The van der Waals surface area contributed by atoms with E-state index in [0.29, 0.717) is 35.8 Å². The molecular formula is C26H29N5O2. The number of hydrogen-bond donors (Lipinski definition) is 0. The summed E-state index contributed by atoms with van der Waals surface area (Å²) in [6.45, 7) is 10.3. The molecule has 3 aromatic heterocycles. The minimum Gasteiger partial charge on any atom is -0.463 e. The molecule has 1 aliphatic heterocycles. The fourth-order valence-electron chi connectivity index (χ4n) is 4.43. The highest BCUT2D eigenvalue weighted by Gasteiger charge is 2.26. The topological polar surface area (TPSA) is 67.4 Å². The van der Waals surface area contributed by atoms with Crippen LogP contribution in [0.3, 0.4) is 0 Å². The van der Waals surface area contributed by atoms with E-state index in [1.54, 1.807) is 12.5 Å². The van der Waals surface area contributed by atoms with Gasteiger partial charge < -0.3 is 9.32 Å². The van der Waals surface area contributed by atoms with E-state index in [1.165, 1.54) is 11.1 Å². The fourth-order valence-corrected chi connectivity index (χ4v) is 4.43. The second kappa shape index (κ2) is 8.83. The second-order valence-corrected chi connectivity index (χ2v) is 8.95. The van der Waals surface area contributed by atoms with Gasteiger partial charge in [-0.1, -0.05) is 24.3 Å². The van der Waals surface area contributed by atoms with Crippen LogP contribution in [0.15, 0.2) is 59.3 Å². The summed E-state index contributed by atoms with van der Waals surface area (Å²) in [5, 5.41) is 5.30. The van der Waals surface area contributed by atoms with E-state index in [9.17, 15) is 4.79 Å². The Bertz CT molecular complexity index is 1270. The molecule has 33 heavy (non-hydrogen) atoms. The van der Waals surface area contributed by atoms with Gasteiger partial charge in [0.1, 0.15) is 5.69 Å². The Labute approximate surface area is 193 Å². The zero-order valence-corrected chi connectivity index (χ0v) is 19.4. The quantitative estimate of drug-likeness (QED) is 0.453. The molecule has 1 aromatic carbocycles. The van der Waals surface area contributed by atoms with Gasteiger partial charge in [-0.05, 0) is 50.1 Å². The highest BCUT2D eigenvalue weighted by atomic mass is 16.3. The molecule has 0 atom stereocenters. The number of piperazine rings is 1. The van der Waals surface area contributed by atoms with Crippen LogP contribution in [0.2, 0.25) is 0 Å². The van der Waals surface area contributed by atoms with Gasteiger partial charge in [0.05, 0.1) is 23.4 Å². The number of hydrogen-bond acceptors (Lipinski definition) is 5. The number of aryl methyl sites for hydroxylation is 1. The summed E-state index contributed by atoms with van der Waals surface area (Å²) in [5.74, 6) is 0.666. The van der Waals surface area contributed by atoms with Crippen LogP contribution in [0, 0.1) is 6.92 Å². The van der Waals surface area contributed by atoms with Crippen molar-refractivity contribution < 1.29 is 9.21 Å². The number of aromatic nitrogens is 3. The van der Waals surface area contributed by atoms with Gasteiger partial charge in [0.25, 0.3) is 5.91 Å². The van der Waals surface area contributed by atoms with Crippen molar-refractivity contribution >= 4 is 16.9 Å².